The van der Waals surface area contributed by atoms with Gasteiger partial charge in [0.2, 0.25) is 0 Å². The highest BCUT2D eigenvalue weighted by molar-refractivity contribution is 5.65. The van der Waals surface area contributed by atoms with E-state index in [-0.39, 0.29) is 0 Å². The van der Waals surface area contributed by atoms with Crippen LogP contribution in [0.25, 0.3) is 0 Å². The predicted molar refractivity (Wildman–Crippen MR) is 67.3 cm³/mol. The van der Waals surface area contributed by atoms with Crippen molar-refractivity contribution < 1.29 is 9.47 Å². The number of ether oxygens (including phenoxy) is 2. The monoisotopic (exact) mass is 234 g/mol. The first kappa shape index (κ1) is 10.7. The summed E-state index contributed by atoms with van der Waals surface area (Å²) in [6, 6.07) is 4.18. The number of anilines is 1. The molecule has 1 saturated heterocycles. The molecule has 0 saturated carbocycles. The first-order valence-corrected chi connectivity index (χ1v) is 6.18. The van der Waals surface area contributed by atoms with E-state index >= 15 is 0 Å². The van der Waals surface area contributed by atoms with E-state index in [4.69, 9.17) is 9.47 Å². The van der Waals surface area contributed by atoms with Crippen LogP contribution in [0.3, 0.4) is 0 Å². The van der Waals surface area contributed by atoms with Gasteiger partial charge in [-0.05, 0) is 12.1 Å². The Morgan fingerprint density at radius 1 is 1.29 bits per heavy atom. The van der Waals surface area contributed by atoms with Gasteiger partial charge in [-0.25, -0.2) is 0 Å². The van der Waals surface area contributed by atoms with Crippen LogP contribution in [0.1, 0.15) is 5.56 Å². The van der Waals surface area contributed by atoms with Crippen molar-refractivity contribution in [3.63, 3.8) is 0 Å². The zero-order chi connectivity index (χ0) is 11.7. The van der Waals surface area contributed by atoms with Gasteiger partial charge in [0.1, 0.15) is 0 Å². The van der Waals surface area contributed by atoms with Gasteiger partial charge in [0.25, 0.3) is 0 Å². The lowest BCUT2D eigenvalue weighted by atomic mass is 10.1. The molecule has 0 bridgehead atoms. The Labute approximate surface area is 102 Å². The first-order chi connectivity index (χ1) is 8.40. The van der Waals surface area contributed by atoms with Gasteiger partial charge in [-0.1, -0.05) is 0 Å². The van der Waals surface area contributed by atoms with E-state index in [2.05, 4.69) is 16.3 Å². The Kier molecular flexibility index (Phi) is 2.81. The maximum absolute atomic E-state index is 5.68. The number of piperazine rings is 1. The summed E-state index contributed by atoms with van der Waals surface area (Å²) in [5.41, 5.74) is 2.63. The van der Waals surface area contributed by atoms with Gasteiger partial charge in [-0.2, -0.15) is 0 Å². The highest BCUT2D eigenvalue weighted by Gasteiger charge is 2.24. The zero-order valence-electron chi connectivity index (χ0n) is 10.2. The highest BCUT2D eigenvalue weighted by atomic mass is 16.5. The first-order valence-electron chi connectivity index (χ1n) is 6.18. The number of nitrogens with one attached hydrogen (secondary N) is 1. The number of hydrogen-bond donors (Lipinski definition) is 1. The summed E-state index contributed by atoms with van der Waals surface area (Å²) in [6.07, 6.45) is 0.992. The molecule has 0 amide bonds. The predicted octanol–water partition coefficient (Wildman–Crippen LogP) is 1.04. The third-order valence-electron chi connectivity index (χ3n) is 3.48. The van der Waals surface area contributed by atoms with Crippen LogP contribution in [0.2, 0.25) is 0 Å². The van der Waals surface area contributed by atoms with Crippen molar-refractivity contribution in [1.29, 1.82) is 0 Å². The van der Waals surface area contributed by atoms with Crippen molar-refractivity contribution >= 4 is 5.69 Å². The molecular formula is C13H18N2O2. The second kappa shape index (κ2) is 4.45. The molecule has 0 unspecified atom stereocenters. The van der Waals surface area contributed by atoms with Crippen LogP contribution in [-0.2, 0) is 6.42 Å². The smallest absolute Gasteiger partial charge is 0.166 e. The minimum Gasteiger partial charge on any atom is -0.493 e. The zero-order valence-corrected chi connectivity index (χ0v) is 10.2. The van der Waals surface area contributed by atoms with Crippen LogP contribution in [0.15, 0.2) is 12.1 Å². The molecule has 1 aromatic rings. The molecule has 0 atom stereocenters. The minimum absolute atomic E-state index is 0.773. The molecule has 92 valence electrons. The third-order valence-corrected chi connectivity index (χ3v) is 3.48. The van der Waals surface area contributed by atoms with E-state index < -0.39 is 0 Å². The molecule has 2 aliphatic heterocycles. The van der Waals surface area contributed by atoms with Crippen molar-refractivity contribution in [3.05, 3.63) is 17.7 Å². The number of benzene rings is 1. The Morgan fingerprint density at radius 2 is 2.12 bits per heavy atom. The van der Waals surface area contributed by atoms with Crippen LogP contribution in [0, 0.1) is 0 Å². The summed E-state index contributed by atoms with van der Waals surface area (Å²) in [6.45, 7) is 5.02. The van der Waals surface area contributed by atoms with Crippen LogP contribution in [0.5, 0.6) is 11.5 Å². The van der Waals surface area contributed by atoms with Gasteiger partial charge in [-0.15, -0.1) is 0 Å². The highest BCUT2D eigenvalue weighted by Crippen LogP contribution is 2.41. The summed E-state index contributed by atoms with van der Waals surface area (Å²) < 4.78 is 11.0. The Bertz CT molecular complexity index is 414. The molecule has 4 heteroatoms. The van der Waals surface area contributed by atoms with Crippen molar-refractivity contribution in [1.82, 2.24) is 5.32 Å². The van der Waals surface area contributed by atoms with E-state index in [1.807, 2.05) is 6.07 Å². The number of hydrogen-bond acceptors (Lipinski definition) is 4. The minimum atomic E-state index is 0.773. The fourth-order valence-corrected chi connectivity index (χ4v) is 2.61. The Morgan fingerprint density at radius 3 is 2.88 bits per heavy atom. The summed E-state index contributed by atoms with van der Waals surface area (Å²) in [5.74, 6) is 1.81. The van der Waals surface area contributed by atoms with Crippen molar-refractivity contribution in [2.75, 3.05) is 44.8 Å². The Hall–Kier alpha value is -1.42. The Balaban J connectivity index is 1.97. The van der Waals surface area contributed by atoms with E-state index in [0.29, 0.717) is 0 Å². The van der Waals surface area contributed by atoms with E-state index in [0.717, 1.165) is 50.7 Å². The van der Waals surface area contributed by atoms with Crippen LogP contribution in [-0.4, -0.2) is 39.9 Å². The van der Waals surface area contributed by atoms with Gasteiger partial charge in [0.05, 0.1) is 13.7 Å². The SMILES string of the molecule is COc1ccc(N2CCNCC2)c2c1OCC2. The summed E-state index contributed by atoms with van der Waals surface area (Å²) in [7, 11) is 1.70. The van der Waals surface area contributed by atoms with Crippen molar-refractivity contribution in [2.24, 2.45) is 0 Å². The number of fused-ring (bicyclic) bond motifs is 1. The van der Waals surface area contributed by atoms with Crippen LogP contribution >= 0.6 is 0 Å². The fraction of sp³-hybridized carbons (Fsp3) is 0.538. The molecule has 4 nitrogen and oxygen atoms in total. The molecule has 0 radical (unpaired) electrons. The molecular weight excluding hydrogens is 216 g/mol. The largest absolute Gasteiger partial charge is 0.493 e. The average Bonchev–Trinajstić information content (AvgIpc) is 2.88. The second-order valence-corrected chi connectivity index (χ2v) is 4.43. The summed E-state index contributed by atoms with van der Waals surface area (Å²) in [5, 5.41) is 3.38. The molecule has 2 aliphatic rings. The fourth-order valence-electron chi connectivity index (χ4n) is 2.61. The molecule has 1 fully saturated rings. The molecule has 1 aromatic carbocycles. The lowest BCUT2D eigenvalue weighted by Gasteiger charge is -2.31. The number of rotatable bonds is 2. The maximum Gasteiger partial charge on any atom is 0.166 e. The van der Waals surface area contributed by atoms with Gasteiger partial charge in [0, 0.05) is 43.9 Å². The molecule has 0 spiro atoms. The van der Waals surface area contributed by atoms with Crippen LogP contribution in [0.4, 0.5) is 5.69 Å². The maximum atomic E-state index is 5.68. The van der Waals surface area contributed by atoms with Gasteiger partial charge in [-0.3, -0.25) is 0 Å². The molecule has 1 N–H and O–H groups in total. The number of methoxy groups -OCH3 is 1. The molecule has 2 heterocycles. The number of nitrogens with zero attached hydrogens (tertiary/aromatic N) is 1. The van der Waals surface area contributed by atoms with Crippen molar-refractivity contribution in [2.45, 2.75) is 6.42 Å². The van der Waals surface area contributed by atoms with E-state index in [9.17, 15) is 0 Å². The standard InChI is InChI=1S/C13H18N2O2/c1-16-12-3-2-11(10-4-9-17-13(10)12)15-7-5-14-6-8-15/h2-3,14H,4-9H2,1H3. The molecule has 0 aromatic heterocycles. The van der Waals surface area contributed by atoms with Gasteiger partial charge in [0.15, 0.2) is 11.5 Å². The van der Waals surface area contributed by atoms with E-state index in [1.54, 1.807) is 7.11 Å². The van der Waals surface area contributed by atoms with Crippen LogP contribution < -0.4 is 19.7 Å². The molecule has 3 rings (SSSR count). The topological polar surface area (TPSA) is 33.7 Å². The molecule has 17 heavy (non-hydrogen) atoms. The third kappa shape index (κ3) is 1.82. The average molecular weight is 234 g/mol. The van der Waals surface area contributed by atoms with Gasteiger partial charge >= 0.3 is 0 Å². The van der Waals surface area contributed by atoms with Crippen molar-refractivity contribution in [3.8, 4) is 11.5 Å². The quantitative estimate of drug-likeness (QED) is 0.829. The normalized spacial score (nSPS) is 18.8. The second-order valence-electron chi connectivity index (χ2n) is 4.43. The summed E-state index contributed by atoms with van der Waals surface area (Å²) >= 11 is 0. The lowest BCUT2D eigenvalue weighted by Crippen LogP contribution is -2.43. The molecule has 0 aliphatic carbocycles. The summed E-state index contributed by atoms with van der Waals surface area (Å²) in [4.78, 5) is 2.43. The van der Waals surface area contributed by atoms with Gasteiger partial charge < -0.3 is 19.7 Å². The van der Waals surface area contributed by atoms with E-state index in [1.165, 1.54) is 11.3 Å². The lowest BCUT2D eigenvalue weighted by molar-refractivity contribution is 0.326.